The molecule has 2 aliphatic heterocycles. The van der Waals surface area contributed by atoms with Crippen LogP contribution in [-0.4, -0.2) is 82.3 Å². The molecule has 0 aromatic heterocycles. The third-order valence-corrected chi connectivity index (χ3v) is 6.91. The molecule has 0 aromatic rings. The van der Waals surface area contributed by atoms with Crippen LogP contribution in [0.25, 0.3) is 0 Å². The number of nitrogens with one attached hydrogen (secondary N) is 1. The maximum atomic E-state index is 12.6. The highest BCUT2D eigenvalue weighted by Gasteiger charge is 2.40. The van der Waals surface area contributed by atoms with Crippen LogP contribution in [0.1, 0.15) is 32.1 Å². The fraction of sp³-hybridized carbons (Fsp3) is 1.00. The lowest BCUT2D eigenvalue weighted by atomic mass is 9.80. The fourth-order valence-corrected chi connectivity index (χ4v) is 5.22. The molecule has 1 saturated carbocycles. The predicted octanol–water partition coefficient (Wildman–Crippen LogP) is 0.188. The first-order valence-electron chi connectivity index (χ1n) is 8.78. The van der Waals surface area contributed by atoms with Gasteiger partial charge in [0.05, 0.1) is 26.4 Å². The molecule has 1 N–H and O–H groups in total. The molecule has 3 fully saturated rings. The zero-order valence-corrected chi connectivity index (χ0v) is 14.7. The number of morpholine rings is 2. The highest BCUT2D eigenvalue weighted by molar-refractivity contribution is 7.87. The van der Waals surface area contributed by atoms with Gasteiger partial charge in [0.15, 0.2) is 0 Å². The van der Waals surface area contributed by atoms with Crippen molar-refractivity contribution in [1.29, 1.82) is 0 Å². The average molecular weight is 347 g/mol. The minimum atomic E-state index is -3.41. The van der Waals surface area contributed by atoms with Gasteiger partial charge >= 0.3 is 0 Å². The average Bonchev–Trinajstić information content (AvgIpc) is 2.62. The molecule has 0 radical (unpaired) electrons. The van der Waals surface area contributed by atoms with Crippen LogP contribution < -0.4 is 4.72 Å². The molecule has 0 unspecified atom stereocenters. The van der Waals surface area contributed by atoms with Crippen LogP contribution in [0.15, 0.2) is 0 Å². The SMILES string of the molecule is O=S(=O)(NCC1(N2CCOCC2)CCCCC1)N1CCOCC1. The first kappa shape index (κ1) is 17.6. The minimum absolute atomic E-state index is 0.0403. The van der Waals surface area contributed by atoms with Gasteiger partial charge in [0, 0.05) is 38.3 Å². The Balaban J connectivity index is 1.66. The lowest BCUT2D eigenvalue weighted by Gasteiger charge is -2.48. The van der Waals surface area contributed by atoms with Gasteiger partial charge in [-0.3, -0.25) is 4.90 Å². The normalized spacial score (nSPS) is 27.8. The molecule has 7 nitrogen and oxygen atoms in total. The van der Waals surface area contributed by atoms with E-state index in [9.17, 15) is 8.42 Å². The van der Waals surface area contributed by atoms with Gasteiger partial charge in [-0.25, -0.2) is 4.72 Å². The molecule has 3 aliphatic rings. The van der Waals surface area contributed by atoms with Crippen LogP contribution in [0.2, 0.25) is 0 Å². The van der Waals surface area contributed by atoms with E-state index >= 15 is 0 Å². The number of hydrogen-bond acceptors (Lipinski definition) is 5. The molecule has 0 aromatic carbocycles. The van der Waals surface area contributed by atoms with Crippen molar-refractivity contribution in [2.75, 3.05) is 59.2 Å². The standard InChI is InChI=1S/C15H29N3O4S/c19-23(20,18-8-12-22-13-9-18)16-14-15(4-2-1-3-5-15)17-6-10-21-11-7-17/h16H,1-14H2. The maximum Gasteiger partial charge on any atom is 0.279 e. The predicted molar refractivity (Wildman–Crippen MR) is 87.5 cm³/mol. The molecule has 134 valence electrons. The Morgan fingerprint density at radius 2 is 1.43 bits per heavy atom. The summed E-state index contributed by atoms with van der Waals surface area (Å²) in [5.74, 6) is 0. The second-order valence-corrected chi connectivity index (χ2v) is 8.48. The Hall–Kier alpha value is -0.250. The van der Waals surface area contributed by atoms with Gasteiger partial charge in [-0.2, -0.15) is 12.7 Å². The summed E-state index contributed by atoms with van der Waals surface area (Å²) in [6.45, 7) is 5.66. The van der Waals surface area contributed by atoms with Crippen molar-refractivity contribution in [3.8, 4) is 0 Å². The van der Waals surface area contributed by atoms with Crippen LogP contribution in [-0.2, 0) is 19.7 Å². The first-order valence-corrected chi connectivity index (χ1v) is 10.2. The molecular formula is C15H29N3O4S. The Kier molecular flexibility index (Phi) is 5.92. The van der Waals surface area contributed by atoms with Gasteiger partial charge in [-0.1, -0.05) is 19.3 Å². The number of nitrogens with zero attached hydrogens (tertiary/aromatic N) is 2. The highest BCUT2D eigenvalue weighted by Crippen LogP contribution is 2.34. The largest absolute Gasteiger partial charge is 0.379 e. The van der Waals surface area contributed by atoms with Crippen LogP contribution in [0.4, 0.5) is 0 Å². The topological polar surface area (TPSA) is 71.1 Å². The number of rotatable bonds is 5. The summed E-state index contributed by atoms with van der Waals surface area (Å²) in [6, 6.07) is 0. The molecule has 23 heavy (non-hydrogen) atoms. The molecule has 0 amide bonds. The highest BCUT2D eigenvalue weighted by atomic mass is 32.2. The summed E-state index contributed by atoms with van der Waals surface area (Å²) in [4.78, 5) is 2.46. The fourth-order valence-electron chi connectivity index (χ4n) is 3.96. The third-order valence-electron chi connectivity index (χ3n) is 5.36. The van der Waals surface area contributed by atoms with E-state index in [1.165, 1.54) is 23.6 Å². The third kappa shape index (κ3) is 4.24. The van der Waals surface area contributed by atoms with Gasteiger partial charge in [0.25, 0.3) is 10.2 Å². The molecule has 2 heterocycles. The van der Waals surface area contributed by atoms with Crippen molar-refractivity contribution in [1.82, 2.24) is 13.9 Å². The lowest BCUT2D eigenvalue weighted by Crippen LogP contribution is -2.61. The van der Waals surface area contributed by atoms with E-state index < -0.39 is 10.2 Å². The maximum absolute atomic E-state index is 12.6. The number of hydrogen-bond donors (Lipinski definition) is 1. The monoisotopic (exact) mass is 347 g/mol. The van der Waals surface area contributed by atoms with E-state index in [1.807, 2.05) is 0 Å². The van der Waals surface area contributed by atoms with Crippen molar-refractivity contribution < 1.29 is 17.9 Å². The summed E-state index contributed by atoms with van der Waals surface area (Å²) >= 11 is 0. The second kappa shape index (κ2) is 7.76. The number of ether oxygens (including phenoxy) is 2. The van der Waals surface area contributed by atoms with Crippen molar-refractivity contribution in [3.63, 3.8) is 0 Å². The van der Waals surface area contributed by atoms with E-state index in [1.54, 1.807) is 0 Å². The molecule has 3 rings (SSSR count). The molecule has 0 bridgehead atoms. The van der Waals surface area contributed by atoms with E-state index in [0.29, 0.717) is 32.8 Å². The van der Waals surface area contributed by atoms with Gasteiger partial charge in [0.2, 0.25) is 0 Å². The van der Waals surface area contributed by atoms with Crippen molar-refractivity contribution in [2.24, 2.45) is 0 Å². The minimum Gasteiger partial charge on any atom is -0.379 e. The summed E-state index contributed by atoms with van der Waals surface area (Å²) in [6.07, 6.45) is 5.74. The summed E-state index contributed by atoms with van der Waals surface area (Å²) in [7, 11) is -3.41. The molecule has 8 heteroatoms. The van der Waals surface area contributed by atoms with Gasteiger partial charge in [0.1, 0.15) is 0 Å². The van der Waals surface area contributed by atoms with E-state index in [0.717, 1.165) is 39.1 Å². The molecule has 0 atom stereocenters. The van der Waals surface area contributed by atoms with E-state index in [-0.39, 0.29) is 5.54 Å². The van der Waals surface area contributed by atoms with Crippen molar-refractivity contribution in [3.05, 3.63) is 0 Å². The Morgan fingerprint density at radius 3 is 2.04 bits per heavy atom. The zero-order valence-electron chi connectivity index (χ0n) is 13.8. The Labute approximate surface area is 139 Å². The van der Waals surface area contributed by atoms with Crippen molar-refractivity contribution in [2.45, 2.75) is 37.6 Å². The Bertz CT molecular complexity index is 467. The van der Waals surface area contributed by atoms with Crippen LogP contribution >= 0.6 is 0 Å². The van der Waals surface area contributed by atoms with E-state index in [4.69, 9.17) is 9.47 Å². The van der Waals surface area contributed by atoms with Crippen LogP contribution in [0.3, 0.4) is 0 Å². The van der Waals surface area contributed by atoms with Gasteiger partial charge in [-0.15, -0.1) is 0 Å². The van der Waals surface area contributed by atoms with Crippen molar-refractivity contribution >= 4 is 10.2 Å². The summed E-state index contributed by atoms with van der Waals surface area (Å²) in [5.41, 5.74) is -0.0403. The summed E-state index contributed by atoms with van der Waals surface area (Å²) < 4.78 is 40.3. The summed E-state index contributed by atoms with van der Waals surface area (Å²) in [5, 5.41) is 0. The lowest BCUT2D eigenvalue weighted by molar-refractivity contribution is -0.0350. The molecule has 2 saturated heterocycles. The molecule has 0 spiro atoms. The zero-order chi connectivity index (χ0) is 16.2. The van der Waals surface area contributed by atoms with Gasteiger partial charge in [-0.05, 0) is 12.8 Å². The second-order valence-electron chi connectivity index (χ2n) is 6.72. The first-order chi connectivity index (χ1) is 11.1. The smallest absolute Gasteiger partial charge is 0.279 e. The van der Waals surface area contributed by atoms with Crippen LogP contribution in [0.5, 0.6) is 0 Å². The molecular weight excluding hydrogens is 318 g/mol. The van der Waals surface area contributed by atoms with Gasteiger partial charge < -0.3 is 9.47 Å². The Morgan fingerprint density at radius 1 is 0.870 bits per heavy atom. The molecule has 1 aliphatic carbocycles. The quantitative estimate of drug-likeness (QED) is 0.769. The van der Waals surface area contributed by atoms with E-state index in [2.05, 4.69) is 9.62 Å². The van der Waals surface area contributed by atoms with Crippen LogP contribution in [0, 0.1) is 0 Å².